The van der Waals surface area contributed by atoms with Gasteiger partial charge in [0.05, 0.1) is 17.7 Å². The fourth-order valence-corrected chi connectivity index (χ4v) is 5.04. The van der Waals surface area contributed by atoms with E-state index >= 15 is 0 Å². The number of hydrogen-bond donors (Lipinski definition) is 0. The Labute approximate surface area is 184 Å². The Morgan fingerprint density at radius 1 is 0.933 bits per heavy atom. The Morgan fingerprint density at radius 2 is 1.60 bits per heavy atom. The van der Waals surface area contributed by atoms with Crippen molar-refractivity contribution in [2.75, 3.05) is 38.2 Å². The number of sulfonamides is 1. The van der Waals surface area contributed by atoms with E-state index in [-0.39, 0.29) is 0 Å². The van der Waals surface area contributed by atoms with Crippen molar-refractivity contribution >= 4 is 31.8 Å². The van der Waals surface area contributed by atoms with Gasteiger partial charge in [-0.15, -0.1) is 0 Å². The van der Waals surface area contributed by atoms with E-state index in [1.54, 1.807) is 37.7 Å². The van der Waals surface area contributed by atoms with Gasteiger partial charge in [-0.05, 0) is 48.5 Å². The molecule has 2 aromatic carbocycles. The first-order chi connectivity index (χ1) is 14.5. The first kappa shape index (κ1) is 20.8. The van der Waals surface area contributed by atoms with Crippen LogP contribution in [0.15, 0.2) is 70.3 Å². The lowest BCUT2D eigenvalue weighted by Gasteiger charge is -2.34. The first-order valence-corrected chi connectivity index (χ1v) is 11.7. The topological polar surface area (TPSA) is 75.6 Å². The molecule has 4 rings (SSSR count). The predicted octanol–water partition coefficient (Wildman–Crippen LogP) is 3.43. The summed E-state index contributed by atoms with van der Waals surface area (Å²) in [6.45, 7) is 1.93. The summed E-state index contributed by atoms with van der Waals surface area (Å²) < 4.78 is 33.4. The van der Waals surface area contributed by atoms with Crippen LogP contribution >= 0.6 is 15.9 Å². The molecule has 0 saturated carbocycles. The van der Waals surface area contributed by atoms with Crippen LogP contribution in [0.4, 0.5) is 5.82 Å². The molecule has 0 radical (unpaired) electrons. The van der Waals surface area contributed by atoms with Crippen LogP contribution in [-0.4, -0.2) is 56.0 Å². The number of piperazine rings is 1. The number of halogens is 1. The van der Waals surface area contributed by atoms with Gasteiger partial charge in [-0.1, -0.05) is 15.9 Å². The molecule has 7 nitrogen and oxygen atoms in total. The highest BCUT2D eigenvalue weighted by atomic mass is 79.9. The first-order valence-electron chi connectivity index (χ1n) is 9.44. The maximum Gasteiger partial charge on any atom is 0.243 e. The van der Waals surface area contributed by atoms with Gasteiger partial charge in [0.15, 0.2) is 0 Å². The lowest BCUT2D eigenvalue weighted by atomic mass is 10.1. The molecule has 1 aliphatic heterocycles. The largest absolute Gasteiger partial charge is 0.497 e. The number of benzene rings is 2. The van der Waals surface area contributed by atoms with Crippen molar-refractivity contribution in [3.8, 4) is 17.0 Å². The van der Waals surface area contributed by atoms with Crippen LogP contribution in [-0.2, 0) is 10.0 Å². The van der Waals surface area contributed by atoms with Crippen molar-refractivity contribution in [3.05, 3.63) is 65.4 Å². The normalized spacial score (nSPS) is 15.2. The fourth-order valence-electron chi connectivity index (χ4n) is 3.35. The lowest BCUT2D eigenvalue weighted by molar-refractivity contribution is 0.384. The van der Waals surface area contributed by atoms with E-state index in [2.05, 4.69) is 30.8 Å². The van der Waals surface area contributed by atoms with Crippen LogP contribution in [0.1, 0.15) is 0 Å². The summed E-state index contributed by atoms with van der Waals surface area (Å²) in [6, 6.07) is 16.3. The van der Waals surface area contributed by atoms with Crippen molar-refractivity contribution in [3.63, 3.8) is 0 Å². The van der Waals surface area contributed by atoms with E-state index in [1.807, 2.05) is 30.3 Å². The second-order valence-electron chi connectivity index (χ2n) is 6.84. The Kier molecular flexibility index (Phi) is 6.03. The van der Waals surface area contributed by atoms with E-state index in [1.165, 1.54) is 4.31 Å². The number of rotatable bonds is 5. The van der Waals surface area contributed by atoms with Crippen LogP contribution < -0.4 is 9.64 Å². The molecule has 1 aliphatic rings. The van der Waals surface area contributed by atoms with Gasteiger partial charge in [0.2, 0.25) is 10.0 Å². The summed E-state index contributed by atoms with van der Waals surface area (Å²) in [5.74, 6) is 1.58. The molecule has 9 heteroatoms. The molecule has 0 spiro atoms. The highest BCUT2D eigenvalue weighted by Gasteiger charge is 2.29. The summed E-state index contributed by atoms with van der Waals surface area (Å²) in [6.07, 6.45) is 1.54. The standard InChI is InChI=1S/C21H21BrN4O3S/c1-29-18-6-2-16(3-7-18)20-14-21(24-15-23-20)25-10-12-26(13-11-25)30(27,28)19-8-4-17(22)5-9-19/h2-9,14-15H,10-13H2,1H3. The molecule has 0 N–H and O–H groups in total. The van der Waals surface area contributed by atoms with Gasteiger partial charge in [0, 0.05) is 42.3 Å². The third-order valence-electron chi connectivity index (χ3n) is 5.05. The number of ether oxygens (including phenoxy) is 1. The predicted molar refractivity (Wildman–Crippen MR) is 119 cm³/mol. The molecule has 1 fully saturated rings. The van der Waals surface area contributed by atoms with E-state index < -0.39 is 10.0 Å². The van der Waals surface area contributed by atoms with Gasteiger partial charge in [0.1, 0.15) is 17.9 Å². The summed E-state index contributed by atoms with van der Waals surface area (Å²) in [4.78, 5) is 11.2. The van der Waals surface area contributed by atoms with Crippen LogP contribution in [0.2, 0.25) is 0 Å². The molecule has 0 bridgehead atoms. The second-order valence-corrected chi connectivity index (χ2v) is 9.69. The van der Waals surface area contributed by atoms with Crippen molar-refractivity contribution in [2.24, 2.45) is 0 Å². The SMILES string of the molecule is COc1ccc(-c2cc(N3CCN(S(=O)(=O)c4ccc(Br)cc4)CC3)ncn2)cc1. The highest BCUT2D eigenvalue weighted by Crippen LogP contribution is 2.25. The zero-order chi connectivity index (χ0) is 21.1. The molecule has 0 aliphatic carbocycles. The molecule has 156 valence electrons. The Bertz CT molecular complexity index is 1110. The molecule has 3 aromatic rings. The lowest BCUT2D eigenvalue weighted by Crippen LogP contribution is -2.48. The smallest absolute Gasteiger partial charge is 0.243 e. The third kappa shape index (κ3) is 4.33. The average molecular weight is 489 g/mol. The average Bonchev–Trinajstić information content (AvgIpc) is 2.79. The maximum atomic E-state index is 12.9. The molecule has 1 aromatic heterocycles. The second kappa shape index (κ2) is 8.71. The van der Waals surface area contributed by atoms with Crippen LogP contribution in [0.5, 0.6) is 5.75 Å². The third-order valence-corrected chi connectivity index (χ3v) is 7.49. The Hall–Kier alpha value is -2.49. The fraction of sp³-hybridized carbons (Fsp3) is 0.238. The van der Waals surface area contributed by atoms with Crippen molar-refractivity contribution in [1.82, 2.24) is 14.3 Å². The van der Waals surface area contributed by atoms with Crippen molar-refractivity contribution in [1.29, 1.82) is 0 Å². The Balaban J connectivity index is 1.47. The summed E-state index contributed by atoms with van der Waals surface area (Å²) in [5, 5.41) is 0. The highest BCUT2D eigenvalue weighted by molar-refractivity contribution is 9.10. The van der Waals surface area contributed by atoms with Gasteiger partial charge in [-0.25, -0.2) is 18.4 Å². The summed E-state index contributed by atoms with van der Waals surface area (Å²) in [7, 11) is -1.87. The number of hydrogen-bond acceptors (Lipinski definition) is 6. The minimum absolute atomic E-state index is 0.308. The number of aromatic nitrogens is 2. The van der Waals surface area contributed by atoms with Gasteiger partial charge in [0.25, 0.3) is 0 Å². The van der Waals surface area contributed by atoms with E-state index in [0.29, 0.717) is 31.1 Å². The Morgan fingerprint density at radius 3 is 2.23 bits per heavy atom. The number of methoxy groups -OCH3 is 1. The molecular weight excluding hydrogens is 468 g/mol. The zero-order valence-corrected chi connectivity index (χ0v) is 18.8. The quantitative estimate of drug-likeness (QED) is 0.547. The van der Waals surface area contributed by atoms with E-state index in [0.717, 1.165) is 27.3 Å². The van der Waals surface area contributed by atoms with Crippen molar-refractivity contribution < 1.29 is 13.2 Å². The summed E-state index contributed by atoms with van der Waals surface area (Å²) in [5.41, 5.74) is 1.78. The maximum absolute atomic E-state index is 12.9. The van der Waals surface area contributed by atoms with E-state index in [4.69, 9.17) is 4.74 Å². The van der Waals surface area contributed by atoms with Gasteiger partial charge >= 0.3 is 0 Å². The summed E-state index contributed by atoms with van der Waals surface area (Å²) >= 11 is 3.34. The van der Waals surface area contributed by atoms with Gasteiger partial charge < -0.3 is 9.64 Å². The molecule has 2 heterocycles. The molecule has 0 atom stereocenters. The van der Waals surface area contributed by atoms with Gasteiger partial charge in [-0.2, -0.15) is 4.31 Å². The van der Waals surface area contributed by atoms with Crippen LogP contribution in [0.25, 0.3) is 11.3 Å². The number of anilines is 1. The minimum Gasteiger partial charge on any atom is -0.497 e. The molecule has 0 unspecified atom stereocenters. The minimum atomic E-state index is -3.50. The molecular formula is C21H21BrN4O3S. The molecule has 1 saturated heterocycles. The molecule has 0 amide bonds. The zero-order valence-electron chi connectivity index (χ0n) is 16.4. The van der Waals surface area contributed by atoms with Crippen molar-refractivity contribution in [2.45, 2.75) is 4.90 Å². The van der Waals surface area contributed by atoms with Crippen LogP contribution in [0.3, 0.4) is 0 Å². The monoisotopic (exact) mass is 488 g/mol. The number of nitrogens with zero attached hydrogens (tertiary/aromatic N) is 4. The van der Waals surface area contributed by atoms with E-state index in [9.17, 15) is 8.42 Å². The molecule has 30 heavy (non-hydrogen) atoms. The van der Waals surface area contributed by atoms with Crippen LogP contribution in [0, 0.1) is 0 Å². The van der Waals surface area contributed by atoms with Gasteiger partial charge in [-0.3, -0.25) is 0 Å².